The molecule has 1 rings (SSSR count). The van der Waals surface area contributed by atoms with Gasteiger partial charge in [-0.15, -0.1) is 0 Å². The third-order valence-corrected chi connectivity index (χ3v) is 5.49. The number of carbonyl (C=O) groups excluding carboxylic acids is 1. The highest BCUT2D eigenvalue weighted by Crippen LogP contribution is 2.35. The van der Waals surface area contributed by atoms with Crippen LogP contribution in [-0.2, 0) is 23.8 Å². The minimum atomic E-state index is -3.96. The molecular weight excluding hydrogens is 340 g/mol. The molecule has 0 aromatic heterocycles. The first-order valence-corrected chi connectivity index (χ1v) is 10.1. The van der Waals surface area contributed by atoms with Gasteiger partial charge >= 0.3 is 0 Å². The van der Waals surface area contributed by atoms with E-state index in [-0.39, 0.29) is 29.8 Å². The smallest absolute Gasteiger partial charge is 0.297 e. The lowest BCUT2D eigenvalue weighted by Gasteiger charge is -2.22. The van der Waals surface area contributed by atoms with Crippen LogP contribution in [0.1, 0.15) is 82.9 Å². The van der Waals surface area contributed by atoms with E-state index < -0.39 is 16.2 Å². The quantitative estimate of drug-likeness (QED) is 0.478. The first-order valence-electron chi connectivity index (χ1n) is 8.67. The lowest BCUT2D eigenvalue weighted by atomic mass is 9.89. The van der Waals surface area contributed by atoms with Crippen molar-refractivity contribution < 1.29 is 22.1 Å². The van der Waals surface area contributed by atoms with E-state index in [1.807, 2.05) is 39.8 Å². The van der Waals surface area contributed by atoms with Gasteiger partial charge in [0.05, 0.1) is 0 Å². The molecule has 0 N–H and O–H groups in total. The van der Waals surface area contributed by atoms with E-state index in [2.05, 4.69) is 13.8 Å². The minimum Gasteiger partial charge on any atom is -0.462 e. The van der Waals surface area contributed by atoms with Crippen molar-refractivity contribution in [2.24, 2.45) is 0 Å². The molecule has 1 atom stereocenters. The molecule has 0 heterocycles. The molecule has 1 aromatic rings. The molecule has 0 aliphatic rings. The molecule has 0 radical (unpaired) electrons. The predicted molar refractivity (Wildman–Crippen MR) is 98.5 cm³/mol. The van der Waals surface area contributed by atoms with Crippen LogP contribution < -0.4 is 0 Å². The third kappa shape index (κ3) is 5.54. The van der Waals surface area contributed by atoms with Crippen LogP contribution in [0.15, 0.2) is 17.0 Å². The van der Waals surface area contributed by atoms with E-state index in [0.717, 1.165) is 16.7 Å². The van der Waals surface area contributed by atoms with E-state index in [0.29, 0.717) is 5.92 Å². The standard InChI is InChI=1S/C19H30O5S/c1-12(2)16-8-17(13(3)4)19(18(9-16)14(5)6)25(21,22)24-10-15(7)23-11-20/h8-9,11-15H,10H2,1-7H3/t15-/m0/s1. The van der Waals surface area contributed by atoms with Crippen LogP contribution in [0, 0.1) is 0 Å². The van der Waals surface area contributed by atoms with E-state index in [4.69, 9.17) is 8.92 Å². The van der Waals surface area contributed by atoms with Gasteiger partial charge in [0.25, 0.3) is 16.6 Å². The Morgan fingerprint density at radius 1 is 0.920 bits per heavy atom. The molecular formula is C19H30O5S. The van der Waals surface area contributed by atoms with Crippen LogP contribution in [0.5, 0.6) is 0 Å². The van der Waals surface area contributed by atoms with Gasteiger partial charge in [0, 0.05) is 0 Å². The van der Waals surface area contributed by atoms with Crippen LogP contribution in [0.3, 0.4) is 0 Å². The topological polar surface area (TPSA) is 69.7 Å². The number of rotatable bonds is 9. The summed E-state index contributed by atoms with van der Waals surface area (Å²) in [6.45, 7) is 13.7. The van der Waals surface area contributed by atoms with Gasteiger partial charge in [-0.25, -0.2) is 0 Å². The summed E-state index contributed by atoms with van der Waals surface area (Å²) in [6, 6.07) is 3.92. The van der Waals surface area contributed by atoms with E-state index in [1.54, 1.807) is 6.92 Å². The van der Waals surface area contributed by atoms with Crippen molar-refractivity contribution in [2.45, 2.75) is 77.2 Å². The van der Waals surface area contributed by atoms with Crippen LogP contribution in [0.25, 0.3) is 0 Å². The molecule has 1 aromatic carbocycles. The Morgan fingerprint density at radius 2 is 1.40 bits per heavy atom. The van der Waals surface area contributed by atoms with Crippen molar-refractivity contribution in [2.75, 3.05) is 6.61 Å². The van der Waals surface area contributed by atoms with E-state index in [9.17, 15) is 13.2 Å². The predicted octanol–water partition coefficient (Wildman–Crippen LogP) is 4.32. The first-order chi connectivity index (χ1) is 11.5. The minimum absolute atomic E-state index is 0.0354. The van der Waals surface area contributed by atoms with Crippen molar-refractivity contribution in [1.29, 1.82) is 0 Å². The van der Waals surface area contributed by atoms with Crippen molar-refractivity contribution in [1.82, 2.24) is 0 Å². The van der Waals surface area contributed by atoms with Crippen LogP contribution in [0.4, 0.5) is 0 Å². The number of hydrogen-bond donors (Lipinski definition) is 0. The Labute approximate surface area is 151 Å². The zero-order chi connectivity index (χ0) is 19.4. The molecule has 6 heteroatoms. The van der Waals surface area contributed by atoms with Crippen molar-refractivity contribution in [3.05, 3.63) is 28.8 Å². The molecule has 0 amide bonds. The van der Waals surface area contributed by atoms with Crippen LogP contribution >= 0.6 is 0 Å². The second-order valence-corrected chi connectivity index (χ2v) is 8.83. The maximum absolute atomic E-state index is 12.9. The van der Waals surface area contributed by atoms with Gasteiger partial charge in [0.2, 0.25) is 0 Å². The SMILES string of the molecule is CC(C)c1cc(C(C)C)c(S(=O)(=O)OC[C@H](C)OC=O)c(C(C)C)c1. The Morgan fingerprint density at radius 3 is 1.76 bits per heavy atom. The lowest BCUT2D eigenvalue weighted by molar-refractivity contribution is -0.134. The monoisotopic (exact) mass is 370 g/mol. The zero-order valence-electron chi connectivity index (χ0n) is 16.2. The number of benzene rings is 1. The largest absolute Gasteiger partial charge is 0.462 e. The fourth-order valence-corrected chi connectivity index (χ4v) is 4.21. The molecule has 0 aliphatic heterocycles. The molecule has 0 bridgehead atoms. The summed E-state index contributed by atoms with van der Waals surface area (Å²) in [4.78, 5) is 10.6. The zero-order valence-corrected chi connectivity index (χ0v) is 17.0. The molecule has 0 saturated carbocycles. The average Bonchev–Trinajstić information content (AvgIpc) is 2.51. The molecule has 0 spiro atoms. The fourth-order valence-electron chi connectivity index (χ4n) is 2.56. The number of hydrogen-bond acceptors (Lipinski definition) is 5. The maximum Gasteiger partial charge on any atom is 0.297 e. The van der Waals surface area contributed by atoms with Gasteiger partial charge in [0.15, 0.2) is 0 Å². The first kappa shape index (κ1) is 21.6. The highest BCUT2D eigenvalue weighted by atomic mass is 32.2. The third-order valence-electron chi connectivity index (χ3n) is 4.08. The summed E-state index contributed by atoms with van der Waals surface area (Å²) in [7, 11) is -3.96. The van der Waals surface area contributed by atoms with Crippen LogP contribution in [0.2, 0.25) is 0 Å². The van der Waals surface area contributed by atoms with Crippen molar-refractivity contribution in [3.8, 4) is 0 Å². The van der Waals surface area contributed by atoms with E-state index >= 15 is 0 Å². The Hall–Kier alpha value is -1.40. The van der Waals surface area contributed by atoms with Gasteiger partial charge in [-0.2, -0.15) is 8.42 Å². The van der Waals surface area contributed by atoms with Crippen molar-refractivity contribution in [3.63, 3.8) is 0 Å². The normalized spacial score (nSPS) is 13.5. The average molecular weight is 371 g/mol. The van der Waals surface area contributed by atoms with Crippen LogP contribution in [-0.4, -0.2) is 27.6 Å². The van der Waals surface area contributed by atoms with Gasteiger partial charge in [-0.05, 0) is 41.4 Å². The molecule has 25 heavy (non-hydrogen) atoms. The highest BCUT2D eigenvalue weighted by Gasteiger charge is 2.28. The fraction of sp³-hybridized carbons (Fsp3) is 0.632. The van der Waals surface area contributed by atoms with E-state index in [1.165, 1.54) is 0 Å². The molecule has 5 nitrogen and oxygen atoms in total. The number of ether oxygens (including phenoxy) is 1. The van der Waals surface area contributed by atoms with Gasteiger partial charge in [-0.1, -0.05) is 53.7 Å². The molecule has 0 saturated heterocycles. The summed E-state index contributed by atoms with van der Waals surface area (Å²) in [5, 5.41) is 0. The van der Waals surface area contributed by atoms with Gasteiger partial charge in [-0.3, -0.25) is 8.98 Å². The van der Waals surface area contributed by atoms with Crippen molar-refractivity contribution >= 4 is 16.6 Å². The summed E-state index contributed by atoms with van der Waals surface area (Å²) < 4.78 is 35.7. The lowest BCUT2D eigenvalue weighted by Crippen LogP contribution is -2.21. The maximum atomic E-state index is 12.9. The summed E-state index contributed by atoms with van der Waals surface area (Å²) in [5.41, 5.74) is 2.64. The molecule has 0 aliphatic carbocycles. The Kier molecular flexibility index (Phi) is 7.62. The Balaban J connectivity index is 3.47. The van der Waals surface area contributed by atoms with Gasteiger partial charge < -0.3 is 4.74 Å². The summed E-state index contributed by atoms with van der Waals surface area (Å²) in [6.07, 6.45) is -0.632. The Bertz CT molecular complexity index is 661. The molecule has 0 fully saturated rings. The molecule has 0 unspecified atom stereocenters. The highest BCUT2D eigenvalue weighted by molar-refractivity contribution is 7.86. The second-order valence-electron chi connectivity index (χ2n) is 7.27. The summed E-state index contributed by atoms with van der Waals surface area (Å²) >= 11 is 0. The summed E-state index contributed by atoms with van der Waals surface area (Å²) in [5.74, 6) is 0.370. The molecule has 142 valence electrons. The number of carbonyl (C=O) groups is 1. The second kappa shape index (κ2) is 8.81. The van der Waals surface area contributed by atoms with Gasteiger partial charge in [0.1, 0.15) is 17.6 Å².